The molecular weight excluding hydrogens is 300 g/mol. The van der Waals surface area contributed by atoms with Crippen LogP contribution in [0, 0.1) is 13.8 Å². The lowest BCUT2D eigenvalue weighted by atomic mass is 10.1. The highest BCUT2D eigenvalue weighted by molar-refractivity contribution is 6.02. The van der Waals surface area contributed by atoms with Crippen LogP contribution in [0.5, 0.6) is 0 Å². The van der Waals surface area contributed by atoms with Crippen LogP contribution in [0.25, 0.3) is 0 Å². The molecule has 0 fully saturated rings. The molecule has 1 amide bonds. The molecule has 0 bridgehead atoms. The zero-order valence-electron chi connectivity index (χ0n) is 13.6. The number of nitrogens with zero attached hydrogens (tertiary/aromatic N) is 2. The van der Waals surface area contributed by atoms with Crippen molar-refractivity contribution in [2.45, 2.75) is 13.8 Å². The highest BCUT2D eigenvalue weighted by Crippen LogP contribution is 2.19. The number of aromatic nitrogens is 2. The highest BCUT2D eigenvalue weighted by atomic mass is 16.1. The van der Waals surface area contributed by atoms with E-state index in [0.29, 0.717) is 11.6 Å². The number of hydrogen-bond acceptors (Lipinski definition) is 4. The summed E-state index contributed by atoms with van der Waals surface area (Å²) in [6, 6.07) is 16.9. The summed E-state index contributed by atoms with van der Waals surface area (Å²) in [4.78, 5) is 20.8. The molecule has 0 radical (unpaired) electrons. The fraction of sp³-hybridized carbons (Fsp3) is 0.105. The van der Waals surface area contributed by atoms with Gasteiger partial charge in [0.25, 0.3) is 5.91 Å². The Morgan fingerprint density at radius 3 is 2.54 bits per heavy atom. The molecule has 0 spiro atoms. The van der Waals surface area contributed by atoms with Crippen molar-refractivity contribution < 1.29 is 4.79 Å². The Morgan fingerprint density at radius 2 is 1.79 bits per heavy atom. The number of anilines is 3. The van der Waals surface area contributed by atoms with E-state index in [9.17, 15) is 4.79 Å². The SMILES string of the molecule is Cc1ccc(Nc2nccc(C(=O)Nc3ccccc3)n2)c(C)c1. The highest BCUT2D eigenvalue weighted by Gasteiger charge is 2.10. The van der Waals surface area contributed by atoms with Gasteiger partial charge in [-0.25, -0.2) is 9.97 Å². The standard InChI is InChI=1S/C19H18N4O/c1-13-8-9-16(14(2)12-13)22-19-20-11-10-17(23-19)18(24)21-15-6-4-3-5-7-15/h3-12H,1-2H3,(H,21,24)(H,20,22,23). The molecule has 3 aromatic rings. The van der Waals surface area contributed by atoms with Crippen molar-refractivity contribution in [3.05, 3.63) is 77.6 Å². The minimum Gasteiger partial charge on any atom is -0.324 e. The zero-order chi connectivity index (χ0) is 16.9. The molecule has 3 rings (SSSR count). The van der Waals surface area contributed by atoms with Crippen molar-refractivity contribution in [3.63, 3.8) is 0 Å². The van der Waals surface area contributed by atoms with Crippen molar-refractivity contribution in [1.29, 1.82) is 0 Å². The monoisotopic (exact) mass is 318 g/mol. The van der Waals surface area contributed by atoms with Crippen LogP contribution >= 0.6 is 0 Å². The Kier molecular flexibility index (Phi) is 4.52. The minimum atomic E-state index is -0.271. The van der Waals surface area contributed by atoms with Crippen LogP contribution in [-0.2, 0) is 0 Å². The van der Waals surface area contributed by atoms with E-state index in [2.05, 4.69) is 26.7 Å². The third kappa shape index (κ3) is 3.76. The van der Waals surface area contributed by atoms with Crippen LogP contribution in [0.3, 0.4) is 0 Å². The number of aryl methyl sites for hydroxylation is 2. The smallest absolute Gasteiger partial charge is 0.274 e. The van der Waals surface area contributed by atoms with Crippen LogP contribution in [-0.4, -0.2) is 15.9 Å². The first-order valence-corrected chi connectivity index (χ1v) is 7.65. The second-order valence-electron chi connectivity index (χ2n) is 5.53. The molecular formula is C19H18N4O. The van der Waals surface area contributed by atoms with E-state index in [1.165, 1.54) is 5.56 Å². The molecule has 0 aliphatic carbocycles. The Bertz CT molecular complexity index is 862. The molecule has 0 saturated carbocycles. The third-order valence-corrected chi connectivity index (χ3v) is 3.55. The maximum absolute atomic E-state index is 12.3. The Balaban J connectivity index is 1.77. The summed E-state index contributed by atoms with van der Waals surface area (Å²) in [6.07, 6.45) is 1.57. The second-order valence-corrected chi connectivity index (χ2v) is 5.53. The Morgan fingerprint density at radius 1 is 1.00 bits per heavy atom. The largest absolute Gasteiger partial charge is 0.324 e. The summed E-state index contributed by atoms with van der Waals surface area (Å²) in [5.74, 6) is 0.120. The summed E-state index contributed by atoms with van der Waals surface area (Å²) in [7, 11) is 0. The summed E-state index contributed by atoms with van der Waals surface area (Å²) >= 11 is 0. The van der Waals surface area contributed by atoms with Gasteiger partial charge in [0.05, 0.1) is 0 Å². The zero-order valence-corrected chi connectivity index (χ0v) is 13.6. The lowest BCUT2D eigenvalue weighted by Crippen LogP contribution is -2.14. The van der Waals surface area contributed by atoms with Gasteiger partial charge < -0.3 is 10.6 Å². The van der Waals surface area contributed by atoms with Gasteiger partial charge in [0.1, 0.15) is 5.69 Å². The van der Waals surface area contributed by atoms with E-state index >= 15 is 0 Å². The first-order chi connectivity index (χ1) is 11.6. The van der Waals surface area contributed by atoms with Crippen molar-refractivity contribution in [3.8, 4) is 0 Å². The molecule has 2 aromatic carbocycles. The summed E-state index contributed by atoms with van der Waals surface area (Å²) in [6.45, 7) is 4.06. The summed E-state index contributed by atoms with van der Waals surface area (Å²) in [5.41, 5.74) is 4.24. The van der Waals surface area contributed by atoms with Crippen LogP contribution in [0.2, 0.25) is 0 Å². The molecule has 0 saturated heterocycles. The van der Waals surface area contributed by atoms with Gasteiger partial charge in [-0.15, -0.1) is 0 Å². The number of hydrogen-bond donors (Lipinski definition) is 2. The number of amides is 1. The average Bonchev–Trinajstić information content (AvgIpc) is 2.59. The molecule has 5 heteroatoms. The fourth-order valence-corrected chi connectivity index (χ4v) is 2.34. The summed E-state index contributed by atoms with van der Waals surface area (Å²) < 4.78 is 0. The molecule has 0 atom stereocenters. The maximum atomic E-state index is 12.3. The molecule has 0 aliphatic heterocycles. The predicted molar refractivity (Wildman–Crippen MR) is 95.6 cm³/mol. The topological polar surface area (TPSA) is 66.9 Å². The number of rotatable bonds is 4. The van der Waals surface area contributed by atoms with Gasteiger partial charge >= 0.3 is 0 Å². The Hall–Kier alpha value is -3.21. The maximum Gasteiger partial charge on any atom is 0.274 e. The quantitative estimate of drug-likeness (QED) is 0.760. The lowest BCUT2D eigenvalue weighted by molar-refractivity contribution is 0.102. The molecule has 120 valence electrons. The normalized spacial score (nSPS) is 10.2. The molecule has 1 heterocycles. The molecule has 24 heavy (non-hydrogen) atoms. The van der Waals surface area contributed by atoms with Crippen LogP contribution in [0.1, 0.15) is 21.6 Å². The fourth-order valence-electron chi connectivity index (χ4n) is 2.34. The number of carbonyl (C=O) groups is 1. The Labute approximate surface area is 140 Å². The van der Waals surface area contributed by atoms with Crippen molar-refractivity contribution in [1.82, 2.24) is 9.97 Å². The molecule has 5 nitrogen and oxygen atoms in total. The van der Waals surface area contributed by atoms with Gasteiger partial charge in [0.2, 0.25) is 5.95 Å². The van der Waals surface area contributed by atoms with E-state index in [1.54, 1.807) is 12.3 Å². The number of benzene rings is 2. The van der Waals surface area contributed by atoms with Crippen LogP contribution in [0.15, 0.2) is 60.8 Å². The van der Waals surface area contributed by atoms with E-state index < -0.39 is 0 Å². The van der Waals surface area contributed by atoms with Crippen LogP contribution in [0.4, 0.5) is 17.3 Å². The van der Waals surface area contributed by atoms with Crippen LogP contribution < -0.4 is 10.6 Å². The average molecular weight is 318 g/mol. The van der Waals surface area contributed by atoms with Crippen molar-refractivity contribution >= 4 is 23.2 Å². The van der Waals surface area contributed by atoms with Gasteiger partial charge in [-0.2, -0.15) is 0 Å². The van der Waals surface area contributed by atoms with E-state index in [1.807, 2.05) is 56.3 Å². The van der Waals surface area contributed by atoms with Gasteiger partial charge in [-0.3, -0.25) is 4.79 Å². The second kappa shape index (κ2) is 6.91. The van der Waals surface area contributed by atoms with Gasteiger partial charge in [0.15, 0.2) is 0 Å². The van der Waals surface area contributed by atoms with E-state index in [-0.39, 0.29) is 5.91 Å². The van der Waals surface area contributed by atoms with Crippen molar-refractivity contribution in [2.24, 2.45) is 0 Å². The third-order valence-electron chi connectivity index (χ3n) is 3.55. The molecule has 0 aliphatic rings. The van der Waals surface area contributed by atoms with E-state index in [4.69, 9.17) is 0 Å². The van der Waals surface area contributed by atoms with Gasteiger partial charge in [-0.1, -0.05) is 35.9 Å². The molecule has 2 N–H and O–H groups in total. The van der Waals surface area contributed by atoms with Gasteiger partial charge in [0, 0.05) is 17.6 Å². The number of carbonyl (C=O) groups excluding carboxylic acids is 1. The van der Waals surface area contributed by atoms with Gasteiger partial charge in [-0.05, 0) is 43.7 Å². The molecule has 1 aromatic heterocycles. The number of nitrogens with one attached hydrogen (secondary N) is 2. The minimum absolute atomic E-state index is 0.271. The predicted octanol–water partition coefficient (Wildman–Crippen LogP) is 4.09. The lowest BCUT2D eigenvalue weighted by Gasteiger charge is -2.10. The number of para-hydroxylation sites is 1. The molecule has 0 unspecified atom stereocenters. The van der Waals surface area contributed by atoms with Crippen molar-refractivity contribution in [2.75, 3.05) is 10.6 Å². The first-order valence-electron chi connectivity index (χ1n) is 7.65. The van der Waals surface area contributed by atoms with E-state index in [0.717, 1.165) is 16.9 Å². The summed E-state index contributed by atoms with van der Waals surface area (Å²) in [5, 5.41) is 5.97. The first kappa shape index (κ1) is 15.7.